The number of hydrogen-bond donors (Lipinski definition) is 3. The Labute approximate surface area is 145 Å². The molecule has 1 aromatic heterocycles. The van der Waals surface area contributed by atoms with Gasteiger partial charge in [0.05, 0.1) is 6.10 Å². The van der Waals surface area contributed by atoms with Gasteiger partial charge in [0.1, 0.15) is 12.2 Å². The molecule has 4 atom stereocenters. The Morgan fingerprint density at radius 3 is 2.60 bits per heavy atom. The maximum absolute atomic E-state index is 14.0. The Morgan fingerprint density at radius 2 is 1.88 bits per heavy atom. The average Bonchev–Trinajstić information content (AvgIpc) is 2.59. The first kappa shape index (κ1) is 18.0. The predicted molar refractivity (Wildman–Crippen MR) is 84.4 cm³/mol. The lowest BCUT2D eigenvalue weighted by Gasteiger charge is -2.34. The second kappa shape index (κ2) is 7.20. The lowest BCUT2D eigenvalue weighted by Crippen LogP contribution is -2.50. The lowest BCUT2D eigenvalue weighted by atomic mass is 10.1. The molecule has 1 aliphatic rings. The number of nitrogens with zero attached hydrogens (tertiary/aromatic N) is 1. The summed E-state index contributed by atoms with van der Waals surface area (Å²) in [5.74, 6) is -3.92. The van der Waals surface area contributed by atoms with Crippen molar-refractivity contribution in [2.75, 3.05) is 5.75 Å². The van der Waals surface area contributed by atoms with Crippen LogP contribution in [0.5, 0.6) is 5.75 Å². The van der Waals surface area contributed by atoms with Crippen LogP contribution in [0, 0.1) is 17.6 Å². The molecule has 1 fully saturated rings. The van der Waals surface area contributed by atoms with E-state index in [1.807, 2.05) is 0 Å². The van der Waals surface area contributed by atoms with Gasteiger partial charge in [0.2, 0.25) is 11.8 Å². The number of aromatic nitrogens is 1. The molecule has 25 heavy (non-hydrogen) atoms. The van der Waals surface area contributed by atoms with E-state index in [1.54, 1.807) is 0 Å². The average molecular weight is 373 g/mol. The summed E-state index contributed by atoms with van der Waals surface area (Å²) in [6, 6.07) is 4.69. The van der Waals surface area contributed by atoms with Crippen molar-refractivity contribution in [1.82, 2.24) is 4.98 Å². The van der Waals surface area contributed by atoms with E-state index >= 15 is 0 Å². The van der Waals surface area contributed by atoms with E-state index < -0.39 is 47.1 Å². The summed E-state index contributed by atoms with van der Waals surface area (Å²) in [6.45, 7) is 0. The monoisotopic (exact) mass is 373 g/mol. The highest BCUT2D eigenvalue weighted by Gasteiger charge is 2.39. The molecular weight excluding hydrogens is 359 g/mol. The second-order valence-corrected chi connectivity index (χ2v) is 6.61. The molecule has 9 heteroatoms. The van der Waals surface area contributed by atoms with E-state index in [0.717, 1.165) is 23.9 Å². The Kier molecular flexibility index (Phi) is 5.19. The SMILES string of the molecule is O[C@@H]1[C@@H](O)[C@H](Oc2cc(-c3cccnc3F)cc(F)c2F)SC[C@H]1O. The van der Waals surface area contributed by atoms with Gasteiger partial charge in [-0.2, -0.15) is 8.78 Å². The van der Waals surface area contributed by atoms with Crippen molar-refractivity contribution >= 4 is 11.8 Å². The zero-order chi connectivity index (χ0) is 18.1. The summed E-state index contributed by atoms with van der Waals surface area (Å²) < 4.78 is 47.0. The zero-order valence-electron chi connectivity index (χ0n) is 12.6. The van der Waals surface area contributed by atoms with Gasteiger partial charge in [0.15, 0.2) is 17.0 Å². The highest BCUT2D eigenvalue weighted by molar-refractivity contribution is 7.99. The maximum Gasteiger partial charge on any atom is 0.220 e. The molecular formula is C16H14F3NO4S. The molecule has 0 aliphatic carbocycles. The number of pyridine rings is 1. The summed E-state index contributed by atoms with van der Waals surface area (Å²) >= 11 is 0.940. The fraction of sp³-hybridized carbons (Fsp3) is 0.312. The first-order chi connectivity index (χ1) is 11.9. The number of aliphatic hydroxyl groups excluding tert-OH is 3. The van der Waals surface area contributed by atoms with Gasteiger partial charge in [-0.1, -0.05) is 0 Å². The third-order valence-corrected chi connectivity index (χ3v) is 5.00. The van der Waals surface area contributed by atoms with Gasteiger partial charge in [-0.15, -0.1) is 11.8 Å². The van der Waals surface area contributed by atoms with Crippen molar-refractivity contribution in [1.29, 1.82) is 0 Å². The zero-order valence-corrected chi connectivity index (χ0v) is 13.5. The Hall–Kier alpha value is -1.81. The topological polar surface area (TPSA) is 82.8 Å². The summed E-state index contributed by atoms with van der Waals surface area (Å²) in [6.07, 6.45) is -2.91. The molecule has 3 rings (SSSR count). The molecule has 2 aromatic rings. The van der Waals surface area contributed by atoms with E-state index in [9.17, 15) is 28.5 Å². The highest BCUT2D eigenvalue weighted by Crippen LogP contribution is 2.34. The van der Waals surface area contributed by atoms with E-state index in [2.05, 4.69) is 4.98 Å². The first-order valence-corrected chi connectivity index (χ1v) is 8.35. The third-order valence-electron chi connectivity index (χ3n) is 3.76. The molecule has 0 bridgehead atoms. The fourth-order valence-corrected chi connectivity index (χ4v) is 3.53. The van der Waals surface area contributed by atoms with E-state index in [1.165, 1.54) is 18.3 Å². The number of rotatable bonds is 3. The highest BCUT2D eigenvalue weighted by atomic mass is 32.2. The molecule has 0 amide bonds. The van der Waals surface area contributed by atoms with Crippen LogP contribution in [0.25, 0.3) is 11.1 Å². The number of thioether (sulfide) groups is 1. The smallest absolute Gasteiger partial charge is 0.220 e. The second-order valence-electron chi connectivity index (χ2n) is 5.48. The Bertz CT molecular complexity index is 779. The van der Waals surface area contributed by atoms with Crippen LogP contribution >= 0.6 is 11.8 Å². The van der Waals surface area contributed by atoms with Crippen molar-refractivity contribution in [3.63, 3.8) is 0 Å². The van der Waals surface area contributed by atoms with Crippen molar-refractivity contribution in [3.05, 3.63) is 48.0 Å². The molecule has 1 aromatic carbocycles. The van der Waals surface area contributed by atoms with Crippen molar-refractivity contribution in [2.45, 2.75) is 23.7 Å². The molecule has 1 aliphatic heterocycles. The summed E-state index contributed by atoms with van der Waals surface area (Å²) in [7, 11) is 0. The van der Waals surface area contributed by atoms with Crippen LogP contribution in [-0.4, -0.2) is 49.8 Å². The normalized spacial score (nSPS) is 26.5. The van der Waals surface area contributed by atoms with Crippen LogP contribution in [0.2, 0.25) is 0 Å². The summed E-state index contributed by atoms with van der Waals surface area (Å²) in [5, 5.41) is 29.1. The van der Waals surface area contributed by atoms with E-state index in [-0.39, 0.29) is 16.9 Å². The number of hydrogen-bond acceptors (Lipinski definition) is 6. The minimum Gasteiger partial charge on any atom is -0.474 e. The van der Waals surface area contributed by atoms with Gasteiger partial charge in [-0.3, -0.25) is 0 Å². The third kappa shape index (κ3) is 3.59. The quantitative estimate of drug-likeness (QED) is 0.711. The molecule has 0 saturated carbocycles. The van der Waals surface area contributed by atoms with Gasteiger partial charge in [0, 0.05) is 17.5 Å². The largest absolute Gasteiger partial charge is 0.474 e. The van der Waals surface area contributed by atoms with Crippen molar-refractivity contribution < 1.29 is 33.2 Å². The Balaban J connectivity index is 1.93. The summed E-state index contributed by atoms with van der Waals surface area (Å²) in [5.41, 5.74) is -1.16. The fourth-order valence-electron chi connectivity index (χ4n) is 2.41. The molecule has 3 N–H and O–H groups in total. The van der Waals surface area contributed by atoms with E-state index in [4.69, 9.17) is 4.74 Å². The van der Waals surface area contributed by atoms with Crippen molar-refractivity contribution in [2.24, 2.45) is 0 Å². The van der Waals surface area contributed by atoms with Crippen LogP contribution in [0.4, 0.5) is 13.2 Å². The molecule has 0 unspecified atom stereocenters. The van der Waals surface area contributed by atoms with Crippen LogP contribution in [0.3, 0.4) is 0 Å². The van der Waals surface area contributed by atoms with Crippen LogP contribution in [-0.2, 0) is 0 Å². The number of halogens is 3. The van der Waals surface area contributed by atoms with Crippen LogP contribution in [0.1, 0.15) is 0 Å². The van der Waals surface area contributed by atoms with Crippen LogP contribution < -0.4 is 4.74 Å². The molecule has 134 valence electrons. The number of benzene rings is 1. The van der Waals surface area contributed by atoms with Crippen molar-refractivity contribution in [3.8, 4) is 16.9 Å². The first-order valence-electron chi connectivity index (χ1n) is 7.31. The molecule has 2 heterocycles. The predicted octanol–water partition coefficient (Wildman–Crippen LogP) is 1.70. The summed E-state index contributed by atoms with van der Waals surface area (Å²) in [4.78, 5) is 3.45. The van der Waals surface area contributed by atoms with Gasteiger partial charge in [-0.05, 0) is 29.8 Å². The van der Waals surface area contributed by atoms with Gasteiger partial charge in [0.25, 0.3) is 0 Å². The van der Waals surface area contributed by atoms with E-state index in [0.29, 0.717) is 0 Å². The van der Waals surface area contributed by atoms with Gasteiger partial charge >= 0.3 is 0 Å². The van der Waals surface area contributed by atoms with Gasteiger partial charge in [-0.25, -0.2) is 9.37 Å². The maximum atomic E-state index is 14.0. The number of aliphatic hydroxyl groups is 3. The molecule has 0 radical (unpaired) electrons. The molecule has 1 saturated heterocycles. The molecule has 0 spiro atoms. The minimum absolute atomic E-state index is 0.00961. The minimum atomic E-state index is -1.50. The molecule has 5 nitrogen and oxygen atoms in total. The standard InChI is InChI=1S/C16H14F3NO4S/c17-9-4-7(8-2-1-3-20-15(8)19)5-11(12(9)18)24-16-14(23)13(22)10(21)6-25-16/h1-5,10,13-14,16,21-23H,6H2/t10-,13+,14-,16-/m1/s1. The van der Waals surface area contributed by atoms with Crippen LogP contribution in [0.15, 0.2) is 30.5 Å². The number of ether oxygens (including phenoxy) is 1. The van der Waals surface area contributed by atoms with Gasteiger partial charge < -0.3 is 20.1 Å². The Morgan fingerprint density at radius 1 is 1.12 bits per heavy atom. The lowest BCUT2D eigenvalue weighted by molar-refractivity contribution is -0.0790.